The van der Waals surface area contributed by atoms with Crippen molar-refractivity contribution in [2.24, 2.45) is 0 Å². The van der Waals surface area contributed by atoms with Gasteiger partial charge < -0.3 is 34.3 Å². The van der Waals surface area contributed by atoms with Gasteiger partial charge in [0.05, 0.1) is 42.2 Å². The average Bonchev–Trinajstić information content (AvgIpc) is 2.85. The van der Waals surface area contributed by atoms with Gasteiger partial charge >= 0.3 is 0 Å². The maximum atomic E-state index is 13.0. The van der Waals surface area contributed by atoms with Crippen LogP contribution >= 0.6 is 0 Å². The molecule has 0 atom stereocenters. The predicted molar refractivity (Wildman–Crippen MR) is 130 cm³/mol. The van der Waals surface area contributed by atoms with Crippen LogP contribution in [0.4, 0.5) is 11.4 Å². The number of hydrogen-bond acceptors (Lipinski definition) is 8. The van der Waals surface area contributed by atoms with Gasteiger partial charge in [-0.25, -0.2) is 4.98 Å². The van der Waals surface area contributed by atoms with Crippen molar-refractivity contribution < 1.29 is 19.0 Å². The quantitative estimate of drug-likeness (QED) is 0.484. The minimum atomic E-state index is -0.444. The third-order valence-electron chi connectivity index (χ3n) is 5.77. The van der Waals surface area contributed by atoms with Gasteiger partial charge in [0.25, 0.3) is 5.91 Å². The normalized spacial score (nSPS) is 14.3. The summed E-state index contributed by atoms with van der Waals surface area (Å²) in [6, 6.07) is 8.36. The highest BCUT2D eigenvalue weighted by atomic mass is 16.5. The van der Waals surface area contributed by atoms with Crippen LogP contribution in [0.5, 0.6) is 11.6 Å². The predicted octanol–water partition coefficient (Wildman–Crippen LogP) is 1.96. The van der Waals surface area contributed by atoms with Gasteiger partial charge in [-0.3, -0.25) is 9.59 Å². The van der Waals surface area contributed by atoms with Crippen LogP contribution in [0.3, 0.4) is 0 Å². The molecule has 0 unspecified atom stereocenters. The molecule has 1 amide bonds. The number of carbonyl (C=O) groups is 1. The third kappa shape index (κ3) is 5.13. The zero-order valence-corrected chi connectivity index (χ0v) is 19.6. The SMILES string of the molecule is COCCOc1ccc(NC(=O)c2cc(=O)c3c(OC)ccc(N4CCN(C)CC4)c3[nH]2)cn1. The lowest BCUT2D eigenvalue weighted by Gasteiger charge is -2.34. The summed E-state index contributed by atoms with van der Waals surface area (Å²) in [5.41, 5.74) is 1.81. The first-order chi connectivity index (χ1) is 16.5. The van der Waals surface area contributed by atoms with Gasteiger partial charge in [0.15, 0.2) is 5.43 Å². The number of hydrogen-bond donors (Lipinski definition) is 2. The fourth-order valence-corrected chi connectivity index (χ4v) is 3.89. The van der Waals surface area contributed by atoms with E-state index in [0.717, 1.165) is 31.9 Å². The number of ether oxygens (including phenoxy) is 3. The fraction of sp³-hybridized carbons (Fsp3) is 0.375. The fourth-order valence-electron chi connectivity index (χ4n) is 3.89. The highest BCUT2D eigenvalue weighted by Gasteiger charge is 2.21. The summed E-state index contributed by atoms with van der Waals surface area (Å²) in [5.74, 6) is 0.452. The lowest BCUT2D eigenvalue weighted by atomic mass is 10.1. The number of anilines is 2. The van der Waals surface area contributed by atoms with Gasteiger partial charge in [-0.05, 0) is 25.2 Å². The van der Waals surface area contributed by atoms with Crippen molar-refractivity contribution in [3.8, 4) is 11.6 Å². The average molecular weight is 468 g/mol. The first-order valence-electron chi connectivity index (χ1n) is 11.1. The Morgan fingerprint density at radius 3 is 2.59 bits per heavy atom. The number of nitrogens with zero attached hydrogens (tertiary/aromatic N) is 3. The van der Waals surface area contributed by atoms with Crippen LogP contribution in [-0.4, -0.2) is 81.4 Å². The Bertz CT molecular complexity index is 1200. The molecule has 2 aromatic heterocycles. The van der Waals surface area contributed by atoms with Crippen LogP contribution in [0.15, 0.2) is 41.3 Å². The standard InChI is InChI=1S/C24H29N5O5/c1-28-8-10-29(11-9-28)18-5-6-20(33-3)22-19(30)14-17(27-23(18)22)24(31)26-16-4-7-21(25-15-16)34-13-12-32-2/h4-7,14-15H,8-13H2,1-3H3,(H,26,31)(H,27,30). The number of likely N-dealkylation sites (N-methyl/N-ethyl adjacent to an activating group) is 1. The van der Waals surface area contributed by atoms with Gasteiger partial charge in [0, 0.05) is 45.4 Å². The van der Waals surface area contributed by atoms with Crippen LogP contribution in [0.1, 0.15) is 10.5 Å². The van der Waals surface area contributed by atoms with E-state index >= 15 is 0 Å². The van der Waals surface area contributed by atoms with Crippen LogP contribution < -0.4 is 25.1 Å². The molecule has 1 fully saturated rings. The minimum Gasteiger partial charge on any atom is -0.496 e. The molecule has 1 saturated heterocycles. The summed E-state index contributed by atoms with van der Waals surface area (Å²) in [4.78, 5) is 37.9. The van der Waals surface area contributed by atoms with Gasteiger partial charge in [0.1, 0.15) is 18.1 Å². The van der Waals surface area contributed by atoms with Crippen molar-refractivity contribution in [1.82, 2.24) is 14.9 Å². The van der Waals surface area contributed by atoms with Crippen LogP contribution in [0.25, 0.3) is 10.9 Å². The van der Waals surface area contributed by atoms with E-state index in [2.05, 4.69) is 32.1 Å². The van der Waals surface area contributed by atoms with Gasteiger partial charge in [-0.15, -0.1) is 0 Å². The van der Waals surface area contributed by atoms with Crippen molar-refractivity contribution in [2.45, 2.75) is 0 Å². The Hall–Kier alpha value is -3.63. The van der Waals surface area contributed by atoms with Gasteiger partial charge in [-0.1, -0.05) is 0 Å². The number of aromatic nitrogens is 2. The molecule has 2 N–H and O–H groups in total. The highest BCUT2D eigenvalue weighted by molar-refractivity contribution is 6.05. The maximum Gasteiger partial charge on any atom is 0.272 e. The summed E-state index contributed by atoms with van der Waals surface area (Å²) >= 11 is 0. The molecule has 0 radical (unpaired) electrons. The monoisotopic (exact) mass is 467 g/mol. The molecule has 0 saturated carbocycles. The highest BCUT2D eigenvalue weighted by Crippen LogP contribution is 2.31. The van der Waals surface area contributed by atoms with E-state index in [4.69, 9.17) is 14.2 Å². The summed E-state index contributed by atoms with van der Waals surface area (Å²) in [6.45, 7) is 4.30. The second-order valence-electron chi connectivity index (χ2n) is 8.06. The molecule has 0 spiro atoms. The third-order valence-corrected chi connectivity index (χ3v) is 5.77. The number of carbonyl (C=O) groups excluding carboxylic acids is 1. The van der Waals surface area contributed by atoms with Gasteiger partial charge in [0.2, 0.25) is 5.88 Å². The van der Waals surface area contributed by atoms with Crippen molar-refractivity contribution in [3.63, 3.8) is 0 Å². The maximum absolute atomic E-state index is 13.0. The number of piperazine rings is 1. The molecule has 34 heavy (non-hydrogen) atoms. The molecule has 10 heteroatoms. The first kappa shape index (κ1) is 23.5. The van der Waals surface area contributed by atoms with E-state index in [1.807, 2.05) is 6.07 Å². The molecule has 1 aromatic carbocycles. The molecule has 180 valence electrons. The Morgan fingerprint density at radius 1 is 1.12 bits per heavy atom. The van der Waals surface area contributed by atoms with Crippen molar-refractivity contribution in [2.75, 3.05) is 70.9 Å². The number of amides is 1. The van der Waals surface area contributed by atoms with E-state index in [1.165, 1.54) is 19.4 Å². The number of pyridine rings is 2. The molecule has 4 rings (SSSR count). The van der Waals surface area contributed by atoms with E-state index in [1.54, 1.807) is 25.3 Å². The number of nitrogens with one attached hydrogen (secondary N) is 2. The topological polar surface area (TPSA) is 109 Å². The Balaban J connectivity index is 1.62. The van der Waals surface area contributed by atoms with E-state index in [0.29, 0.717) is 41.4 Å². The Labute approximate surface area is 197 Å². The van der Waals surface area contributed by atoms with Crippen LogP contribution in [0, 0.1) is 0 Å². The Kier molecular flexibility index (Phi) is 7.29. The second-order valence-corrected chi connectivity index (χ2v) is 8.06. The number of benzene rings is 1. The molecular formula is C24H29N5O5. The molecule has 1 aliphatic heterocycles. The van der Waals surface area contributed by atoms with E-state index in [9.17, 15) is 9.59 Å². The summed E-state index contributed by atoms with van der Waals surface area (Å²) in [6.07, 6.45) is 1.50. The second kappa shape index (κ2) is 10.5. The van der Waals surface area contributed by atoms with Crippen molar-refractivity contribution >= 4 is 28.2 Å². The molecule has 3 aromatic rings. The smallest absolute Gasteiger partial charge is 0.272 e. The van der Waals surface area contributed by atoms with Crippen molar-refractivity contribution in [1.29, 1.82) is 0 Å². The number of H-pyrrole nitrogens is 1. The Morgan fingerprint density at radius 2 is 1.91 bits per heavy atom. The number of rotatable bonds is 8. The summed E-state index contributed by atoms with van der Waals surface area (Å²) < 4.78 is 15.8. The molecule has 0 aliphatic carbocycles. The molecule has 10 nitrogen and oxygen atoms in total. The summed E-state index contributed by atoms with van der Waals surface area (Å²) in [7, 11) is 5.21. The number of aromatic amines is 1. The number of methoxy groups -OCH3 is 2. The van der Waals surface area contributed by atoms with E-state index < -0.39 is 5.91 Å². The first-order valence-corrected chi connectivity index (χ1v) is 11.1. The van der Waals surface area contributed by atoms with E-state index in [-0.39, 0.29) is 11.1 Å². The van der Waals surface area contributed by atoms with Crippen LogP contribution in [-0.2, 0) is 4.74 Å². The largest absolute Gasteiger partial charge is 0.496 e. The minimum absolute atomic E-state index is 0.154. The molecule has 0 bridgehead atoms. The molecule has 1 aliphatic rings. The summed E-state index contributed by atoms with van der Waals surface area (Å²) in [5, 5.41) is 3.20. The lowest BCUT2D eigenvalue weighted by Crippen LogP contribution is -2.44. The zero-order valence-electron chi connectivity index (χ0n) is 19.6. The van der Waals surface area contributed by atoms with Crippen LogP contribution in [0.2, 0.25) is 0 Å². The van der Waals surface area contributed by atoms with Crippen molar-refractivity contribution in [3.05, 3.63) is 52.4 Å². The number of fused-ring (bicyclic) bond motifs is 1. The van der Waals surface area contributed by atoms with Gasteiger partial charge in [-0.2, -0.15) is 0 Å². The molecular weight excluding hydrogens is 438 g/mol. The molecule has 3 heterocycles. The zero-order chi connectivity index (χ0) is 24.1. The lowest BCUT2D eigenvalue weighted by molar-refractivity contribution is 0.102.